The number of rotatable bonds is 3. The molecule has 7 heteroatoms. The number of hydrogen-bond acceptors (Lipinski definition) is 5. The van der Waals surface area contributed by atoms with E-state index in [-0.39, 0.29) is 11.6 Å². The van der Waals surface area contributed by atoms with Crippen LogP contribution >= 0.6 is 0 Å². The third kappa shape index (κ3) is 3.33. The van der Waals surface area contributed by atoms with Crippen molar-refractivity contribution in [2.75, 3.05) is 13.1 Å². The Morgan fingerprint density at radius 3 is 2.48 bits per heavy atom. The number of benzene rings is 1. The van der Waals surface area contributed by atoms with E-state index in [0.29, 0.717) is 17.0 Å². The molecule has 1 aromatic heterocycles. The lowest BCUT2D eigenvalue weighted by Gasteiger charge is -2.26. The van der Waals surface area contributed by atoms with E-state index in [1.807, 2.05) is 4.90 Å². The van der Waals surface area contributed by atoms with Gasteiger partial charge in [0, 0.05) is 43.2 Å². The molecule has 2 heterocycles. The standard InChI is InChI=1S/C16H16N4O3/c21-16(19-7-2-1-3-8-19)13-10-17-15(18-11-13)12-5-4-6-14(9-12)20(22)23/h4-6,9-11H,1-3,7-8H2. The summed E-state index contributed by atoms with van der Waals surface area (Å²) in [6, 6.07) is 6.12. The number of non-ortho nitro benzene ring substituents is 1. The highest BCUT2D eigenvalue weighted by Crippen LogP contribution is 2.21. The first-order valence-corrected chi connectivity index (χ1v) is 7.51. The molecule has 1 aromatic carbocycles. The van der Waals surface area contributed by atoms with Crippen molar-refractivity contribution >= 4 is 11.6 Å². The van der Waals surface area contributed by atoms with Gasteiger partial charge in [-0.05, 0) is 19.3 Å². The molecule has 0 N–H and O–H groups in total. The first kappa shape index (κ1) is 15.1. The Labute approximate surface area is 133 Å². The Morgan fingerprint density at radius 2 is 1.83 bits per heavy atom. The maximum Gasteiger partial charge on any atom is 0.270 e. The molecule has 2 aromatic rings. The van der Waals surface area contributed by atoms with Crippen molar-refractivity contribution in [2.24, 2.45) is 0 Å². The van der Waals surface area contributed by atoms with Crippen molar-refractivity contribution in [1.29, 1.82) is 0 Å². The van der Waals surface area contributed by atoms with Gasteiger partial charge in [-0.15, -0.1) is 0 Å². The lowest BCUT2D eigenvalue weighted by molar-refractivity contribution is -0.384. The van der Waals surface area contributed by atoms with Crippen LogP contribution < -0.4 is 0 Å². The number of piperidine rings is 1. The Hall–Kier alpha value is -2.83. The van der Waals surface area contributed by atoms with Crippen LogP contribution in [0.15, 0.2) is 36.7 Å². The average Bonchev–Trinajstić information content (AvgIpc) is 2.62. The zero-order chi connectivity index (χ0) is 16.2. The van der Waals surface area contributed by atoms with Gasteiger partial charge >= 0.3 is 0 Å². The Bertz CT molecular complexity index is 724. The van der Waals surface area contributed by atoms with E-state index in [1.54, 1.807) is 12.1 Å². The van der Waals surface area contributed by atoms with Gasteiger partial charge < -0.3 is 4.90 Å². The van der Waals surface area contributed by atoms with Gasteiger partial charge in [0.25, 0.3) is 11.6 Å². The summed E-state index contributed by atoms with van der Waals surface area (Å²) in [6.07, 6.45) is 6.18. The number of amides is 1. The molecule has 1 aliphatic heterocycles. The minimum atomic E-state index is -0.461. The fraction of sp³-hybridized carbons (Fsp3) is 0.312. The van der Waals surface area contributed by atoms with Gasteiger partial charge in [-0.25, -0.2) is 9.97 Å². The molecule has 1 aliphatic rings. The largest absolute Gasteiger partial charge is 0.339 e. The molecule has 118 valence electrons. The number of nitro groups is 1. The molecule has 23 heavy (non-hydrogen) atoms. The summed E-state index contributed by atoms with van der Waals surface area (Å²) in [5.74, 6) is 0.305. The second kappa shape index (κ2) is 6.51. The van der Waals surface area contributed by atoms with Gasteiger partial charge in [-0.1, -0.05) is 12.1 Å². The second-order valence-corrected chi connectivity index (χ2v) is 5.46. The number of aromatic nitrogens is 2. The number of hydrogen-bond donors (Lipinski definition) is 0. The smallest absolute Gasteiger partial charge is 0.270 e. The minimum Gasteiger partial charge on any atom is -0.339 e. The van der Waals surface area contributed by atoms with E-state index in [4.69, 9.17) is 0 Å². The summed E-state index contributed by atoms with van der Waals surface area (Å²) in [5.41, 5.74) is 0.983. The van der Waals surface area contributed by atoms with Crippen LogP contribution in [0.2, 0.25) is 0 Å². The van der Waals surface area contributed by atoms with Gasteiger partial charge in [-0.2, -0.15) is 0 Å². The van der Waals surface area contributed by atoms with Crippen LogP contribution in [0.4, 0.5) is 5.69 Å². The molecule has 0 radical (unpaired) electrons. The number of nitro benzene ring substituents is 1. The number of carbonyl (C=O) groups is 1. The molecule has 0 spiro atoms. The highest BCUT2D eigenvalue weighted by Gasteiger charge is 2.19. The fourth-order valence-corrected chi connectivity index (χ4v) is 2.63. The molecule has 1 saturated heterocycles. The Kier molecular flexibility index (Phi) is 4.27. The summed E-state index contributed by atoms with van der Waals surface area (Å²) >= 11 is 0. The van der Waals surface area contributed by atoms with Crippen LogP contribution in [-0.4, -0.2) is 38.8 Å². The third-order valence-electron chi connectivity index (χ3n) is 3.86. The summed E-state index contributed by atoms with van der Waals surface area (Å²) in [7, 11) is 0. The topological polar surface area (TPSA) is 89.2 Å². The highest BCUT2D eigenvalue weighted by molar-refractivity contribution is 5.93. The quantitative estimate of drug-likeness (QED) is 0.642. The Morgan fingerprint density at radius 1 is 1.13 bits per heavy atom. The molecule has 1 fully saturated rings. The van der Waals surface area contributed by atoms with Crippen LogP contribution in [0.3, 0.4) is 0 Å². The van der Waals surface area contributed by atoms with Crippen molar-refractivity contribution in [3.8, 4) is 11.4 Å². The number of likely N-dealkylation sites (tertiary alicyclic amines) is 1. The zero-order valence-corrected chi connectivity index (χ0v) is 12.5. The average molecular weight is 312 g/mol. The van der Waals surface area contributed by atoms with Gasteiger partial charge in [0.2, 0.25) is 0 Å². The Balaban J connectivity index is 1.80. The van der Waals surface area contributed by atoms with E-state index in [0.717, 1.165) is 32.4 Å². The van der Waals surface area contributed by atoms with E-state index >= 15 is 0 Å². The van der Waals surface area contributed by atoms with E-state index < -0.39 is 4.92 Å². The summed E-state index contributed by atoms with van der Waals surface area (Å²) in [5, 5.41) is 10.8. The molecule has 0 bridgehead atoms. The van der Waals surface area contributed by atoms with Crippen LogP contribution in [0.1, 0.15) is 29.6 Å². The van der Waals surface area contributed by atoms with E-state index in [9.17, 15) is 14.9 Å². The highest BCUT2D eigenvalue weighted by atomic mass is 16.6. The predicted octanol–water partition coefficient (Wildman–Crippen LogP) is 2.68. The minimum absolute atomic E-state index is 0.0143. The summed E-state index contributed by atoms with van der Waals surface area (Å²) in [6.45, 7) is 1.54. The number of nitrogens with zero attached hydrogens (tertiary/aromatic N) is 4. The number of carbonyl (C=O) groups excluding carboxylic acids is 1. The molecule has 0 unspecified atom stereocenters. The van der Waals surface area contributed by atoms with Crippen molar-refractivity contribution in [3.63, 3.8) is 0 Å². The van der Waals surface area contributed by atoms with Crippen molar-refractivity contribution in [3.05, 3.63) is 52.3 Å². The normalized spacial score (nSPS) is 14.5. The first-order chi connectivity index (χ1) is 11.1. The first-order valence-electron chi connectivity index (χ1n) is 7.51. The van der Waals surface area contributed by atoms with E-state index in [1.165, 1.54) is 24.5 Å². The molecular formula is C16H16N4O3. The van der Waals surface area contributed by atoms with Crippen LogP contribution in [0.25, 0.3) is 11.4 Å². The maximum absolute atomic E-state index is 12.3. The van der Waals surface area contributed by atoms with Gasteiger partial charge in [-0.3, -0.25) is 14.9 Å². The molecular weight excluding hydrogens is 296 g/mol. The van der Waals surface area contributed by atoms with Crippen molar-refractivity contribution < 1.29 is 9.72 Å². The van der Waals surface area contributed by atoms with Gasteiger partial charge in [0.05, 0.1) is 10.5 Å². The SMILES string of the molecule is O=C(c1cnc(-c2cccc([N+](=O)[O-])c2)nc1)N1CCCCC1. The molecule has 7 nitrogen and oxygen atoms in total. The van der Waals surface area contributed by atoms with Crippen LogP contribution in [0, 0.1) is 10.1 Å². The molecule has 3 rings (SSSR count). The van der Waals surface area contributed by atoms with Crippen LogP contribution in [0.5, 0.6) is 0 Å². The molecule has 0 saturated carbocycles. The summed E-state index contributed by atoms with van der Waals surface area (Å²) < 4.78 is 0. The predicted molar refractivity (Wildman–Crippen MR) is 83.9 cm³/mol. The van der Waals surface area contributed by atoms with E-state index in [2.05, 4.69) is 9.97 Å². The monoisotopic (exact) mass is 312 g/mol. The molecule has 0 atom stereocenters. The third-order valence-corrected chi connectivity index (χ3v) is 3.86. The molecule has 1 amide bonds. The van der Waals surface area contributed by atoms with Crippen LogP contribution in [-0.2, 0) is 0 Å². The van der Waals surface area contributed by atoms with Crippen molar-refractivity contribution in [1.82, 2.24) is 14.9 Å². The van der Waals surface area contributed by atoms with Gasteiger partial charge in [0.1, 0.15) is 0 Å². The zero-order valence-electron chi connectivity index (χ0n) is 12.5. The summed E-state index contributed by atoms with van der Waals surface area (Å²) in [4.78, 5) is 32.9. The second-order valence-electron chi connectivity index (χ2n) is 5.46. The lowest BCUT2D eigenvalue weighted by Crippen LogP contribution is -2.35. The molecule has 0 aliphatic carbocycles. The van der Waals surface area contributed by atoms with Crippen molar-refractivity contribution in [2.45, 2.75) is 19.3 Å². The lowest BCUT2D eigenvalue weighted by atomic mass is 10.1. The maximum atomic E-state index is 12.3. The van der Waals surface area contributed by atoms with Gasteiger partial charge in [0.15, 0.2) is 5.82 Å². The fourth-order valence-electron chi connectivity index (χ4n) is 2.63.